The van der Waals surface area contributed by atoms with E-state index in [-0.39, 0.29) is 11.7 Å². The fraction of sp³-hybridized carbons (Fsp3) is 0.222. The first kappa shape index (κ1) is 17.9. The summed E-state index contributed by atoms with van der Waals surface area (Å²) in [6, 6.07) is 11.5. The molecular weight excluding hydrogens is 350 g/mol. The number of methoxy groups -OCH3 is 1. The number of amides is 1. The summed E-state index contributed by atoms with van der Waals surface area (Å²) in [7, 11) is 1.55. The SMILES string of the molecule is CCc1ccccc1-n1cnnc1SCC(=O)Nc1ccc(OC)nc1. The summed E-state index contributed by atoms with van der Waals surface area (Å²) < 4.78 is 6.91. The van der Waals surface area contributed by atoms with Crippen molar-refractivity contribution in [2.45, 2.75) is 18.5 Å². The van der Waals surface area contributed by atoms with Crippen LogP contribution in [0.2, 0.25) is 0 Å². The molecule has 2 aromatic heterocycles. The van der Waals surface area contributed by atoms with Crippen molar-refractivity contribution in [3.05, 3.63) is 54.5 Å². The molecule has 0 saturated carbocycles. The summed E-state index contributed by atoms with van der Waals surface area (Å²) in [6.45, 7) is 2.10. The molecule has 7 nitrogen and oxygen atoms in total. The van der Waals surface area contributed by atoms with Crippen molar-refractivity contribution in [1.29, 1.82) is 0 Å². The highest BCUT2D eigenvalue weighted by molar-refractivity contribution is 7.99. The molecule has 0 aliphatic heterocycles. The predicted octanol–water partition coefficient (Wildman–Crippen LogP) is 2.96. The zero-order valence-electron chi connectivity index (χ0n) is 14.5. The lowest BCUT2D eigenvalue weighted by molar-refractivity contribution is -0.113. The van der Waals surface area contributed by atoms with Crippen LogP contribution in [-0.4, -0.2) is 38.5 Å². The highest BCUT2D eigenvalue weighted by Crippen LogP contribution is 2.22. The second-order valence-corrected chi connectivity index (χ2v) is 6.33. The van der Waals surface area contributed by atoms with Crippen LogP contribution in [0.3, 0.4) is 0 Å². The largest absolute Gasteiger partial charge is 0.481 e. The fourth-order valence-electron chi connectivity index (χ4n) is 2.44. The minimum Gasteiger partial charge on any atom is -0.481 e. The van der Waals surface area contributed by atoms with Gasteiger partial charge < -0.3 is 10.1 Å². The van der Waals surface area contributed by atoms with Crippen molar-refractivity contribution in [2.24, 2.45) is 0 Å². The van der Waals surface area contributed by atoms with Gasteiger partial charge in [0.2, 0.25) is 11.8 Å². The van der Waals surface area contributed by atoms with Crippen molar-refractivity contribution in [1.82, 2.24) is 19.7 Å². The molecule has 3 aromatic rings. The number of aryl methyl sites for hydroxylation is 1. The summed E-state index contributed by atoms with van der Waals surface area (Å²) in [6.07, 6.45) is 4.13. The lowest BCUT2D eigenvalue weighted by Gasteiger charge is -2.10. The molecule has 0 aliphatic carbocycles. The number of nitrogens with zero attached hydrogens (tertiary/aromatic N) is 4. The van der Waals surface area contributed by atoms with Gasteiger partial charge in [0.25, 0.3) is 0 Å². The number of aromatic nitrogens is 4. The molecule has 26 heavy (non-hydrogen) atoms. The van der Waals surface area contributed by atoms with Crippen LogP contribution in [0.1, 0.15) is 12.5 Å². The van der Waals surface area contributed by atoms with E-state index < -0.39 is 0 Å². The van der Waals surface area contributed by atoms with Gasteiger partial charge in [0.15, 0.2) is 5.16 Å². The van der Waals surface area contributed by atoms with Gasteiger partial charge in [-0.3, -0.25) is 9.36 Å². The van der Waals surface area contributed by atoms with Gasteiger partial charge in [-0.25, -0.2) is 4.98 Å². The van der Waals surface area contributed by atoms with Crippen LogP contribution in [-0.2, 0) is 11.2 Å². The Hall–Kier alpha value is -2.87. The molecule has 1 amide bonds. The van der Waals surface area contributed by atoms with Crippen molar-refractivity contribution in [3.63, 3.8) is 0 Å². The zero-order chi connectivity index (χ0) is 18.4. The maximum atomic E-state index is 12.2. The van der Waals surface area contributed by atoms with Crippen molar-refractivity contribution in [3.8, 4) is 11.6 Å². The Bertz CT molecular complexity index is 879. The lowest BCUT2D eigenvalue weighted by Crippen LogP contribution is -2.14. The monoisotopic (exact) mass is 369 g/mol. The number of hydrogen-bond donors (Lipinski definition) is 1. The van der Waals surface area contributed by atoms with Gasteiger partial charge in [-0.2, -0.15) is 0 Å². The van der Waals surface area contributed by atoms with Crippen LogP contribution < -0.4 is 10.1 Å². The van der Waals surface area contributed by atoms with E-state index in [1.54, 1.807) is 31.8 Å². The zero-order valence-corrected chi connectivity index (χ0v) is 15.4. The Morgan fingerprint density at radius 3 is 2.85 bits per heavy atom. The van der Waals surface area contributed by atoms with Crippen LogP contribution in [0.15, 0.2) is 54.1 Å². The molecule has 1 N–H and O–H groups in total. The van der Waals surface area contributed by atoms with E-state index in [0.717, 1.165) is 12.1 Å². The Morgan fingerprint density at radius 2 is 2.12 bits per heavy atom. The number of carbonyl (C=O) groups is 1. The molecule has 0 atom stereocenters. The highest BCUT2D eigenvalue weighted by Gasteiger charge is 2.12. The van der Waals surface area contributed by atoms with Gasteiger partial charge in [-0.1, -0.05) is 36.9 Å². The number of benzene rings is 1. The van der Waals surface area contributed by atoms with E-state index in [1.807, 2.05) is 22.8 Å². The fourth-order valence-corrected chi connectivity index (χ4v) is 3.16. The Kier molecular flexibility index (Phi) is 5.85. The van der Waals surface area contributed by atoms with Crippen molar-refractivity contribution in [2.75, 3.05) is 18.2 Å². The smallest absolute Gasteiger partial charge is 0.234 e. The van der Waals surface area contributed by atoms with Gasteiger partial charge >= 0.3 is 0 Å². The Labute approximate surface area is 155 Å². The van der Waals surface area contributed by atoms with Gasteiger partial charge in [0.05, 0.1) is 30.4 Å². The highest BCUT2D eigenvalue weighted by atomic mass is 32.2. The summed E-state index contributed by atoms with van der Waals surface area (Å²) in [5, 5.41) is 11.6. The molecule has 134 valence electrons. The third-order valence-corrected chi connectivity index (χ3v) is 4.65. The number of nitrogens with one attached hydrogen (secondary N) is 1. The topological polar surface area (TPSA) is 81.9 Å². The quantitative estimate of drug-likeness (QED) is 0.645. The van der Waals surface area contributed by atoms with Crippen molar-refractivity contribution >= 4 is 23.4 Å². The molecule has 0 bridgehead atoms. The summed E-state index contributed by atoms with van der Waals surface area (Å²) in [4.78, 5) is 16.2. The molecule has 0 unspecified atom stereocenters. The number of hydrogen-bond acceptors (Lipinski definition) is 6. The summed E-state index contributed by atoms with van der Waals surface area (Å²) in [5.74, 6) is 0.583. The van der Waals surface area contributed by atoms with Gasteiger partial charge in [0, 0.05) is 6.07 Å². The first-order valence-corrected chi connectivity index (χ1v) is 9.10. The third kappa shape index (κ3) is 4.20. The van der Waals surface area contributed by atoms with Gasteiger partial charge in [-0.05, 0) is 24.1 Å². The van der Waals surface area contributed by atoms with Crippen LogP contribution in [0, 0.1) is 0 Å². The van der Waals surface area contributed by atoms with Crippen molar-refractivity contribution < 1.29 is 9.53 Å². The number of anilines is 1. The van der Waals surface area contributed by atoms with E-state index in [2.05, 4.69) is 33.5 Å². The third-order valence-electron chi connectivity index (χ3n) is 3.71. The average Bonchev–Trinajstić information content (AvgIpc) is 3.15. The maximum Gasteiger partial charge on any atom is 0.234 e. The molecule has 8 heteroatoms. The molecule has 2 heterocycles. The minimum absolute atomic E-state index is 0.139. The van der Waals surface area contributed by atoms with E-state index in [9.17, 15) is 4.79 Å². The number of para-hydroxylation sites is 1. The summed E-state index contributed by atoms with van der Waals surface area (Å²) in [5.41, 5.74) is 2.85. The number of carbonyl (C=O) groups excluding carboxylic acids is 1. The molecule has 0 aliphatic rings. The number of rotatable bonds is 7. The second-order valence-electron chi connectivity index (χ2n) is 5.39. The molecular formula is C18H19N5O2S. The van der Waals surface area contributed by atoms with Gasteiger partial charge in [-0.15, -0.1) is 10.2 Å². The van der Waals surface area contributed by atoms with Crippen LogP contribution in [0.5, 0.6) is 5.88 Å². The molecule has 3 rings (SSSR count). The van der Waals surface area contributed by atoms with E-state index in [0.29, 0.717) is 16.7 Å². The van der Waals surface area contributed by atoms with E-state index >= 15 is 0 Å². The molecule has 0 saturated heterocycles. The average molecular weight is 369 g/mol. The number of ether oxygens (including phenoxy) is 1. The molecule has 1 aromatic carbocycles. The number of pyridine rings is 1. The van der Waals surface area contributed by atoms with E-state index in [1.165, 1.54) is 17.3 Å². The number of thioether (sulfide) groups is 1. The van der Waals surface area contributed by atoms with Crippen LogP contribution in [0.4, 0.5) is 5.69 Å². The van der Waals surface area contributed by atoms with Crippen LogP contribution >= 0.6 is 11.8 Å². The maximum absolute atomic E-state index is 12.2. The Morgan fingerprint density at radius 1 is 1.27 bits per heavy atom. The normalized spacial score (nSPS) is 10.5. The molecule has 0 fully saturated rings. The standard InChI is InChI=1S/C18H19N5O2S/c1-3-13-6-4-5-7-15(13)23-12-20-22-18(23)26-11-16(24)21-14-8-9-17(25-2)19-10-14/h4-10,12H,3,11H2,1-2H3,(H,21,24). The van der Waals surface area contributed by atoms with Crippen LogP contribution in [0.25, 0.3) is 5.69 Å². The van der Waals surface area contributed by atoms with Gasteiger partial charge in [0.1, 0.15) is 6.33 Å². The first-order valence-electron chi connectivity index (χ1n) is 8.12. The summed E-state index contributed by atoms with van der Waals surface area (Å²) >= 11 is 1.33. The minimum atomic E-state index is -0.139. The predicted molar refractivity (Wildman–Crippen MR) is 101 cm³/mol. The Balaban J connectivity index is 1.65. The lowest BCUT2D eigenvalue weighted by atomic mass is 10.1. The second kappa shape index (κ2) is 8.48. The molecule has 0 spiro atoms. The molecule has 0 radical (unpaired) electrons. The van der Waals surface area contributed by atoms with E-state index in [4.69, 9.17) is 4.74 Å². The first-order chi connectivity index (χ1) is 12.7.